The fourth-order valence-electron chi connectivity index (χ4n) is 1.56. The van der Waals surface area contributed by atoms with E-state index >= 15 is 0 Å². The molecule has 0 saturated heterocycles. The third kappa shape index (κ3) is 8.08. The lowest BCUT2D eigenvalue weighted by Crippen LogP contribution is -2.33. The number of allylic oxidation sites excluding steroid dienone is 1. The highest BCUT2D eigenvalue weighted by molar-refractivity contribution is 6.71. The van der Waals surface area contributed by atoms with Crippen LogP contribution in [0.3, 0.4) is 0 Å². The summed E-state index contributed by atoms with van der Waals surface area (Å²) in [5.41, 5.74) is 2.14. The van der Waals surface area contributed by atoms with Gasteiger partial charge < -0.3 is 8.85 Å². The smallest absolute Gasteiger partial charge is 0.360 e. The first-order chi connectivity index (χ1) is 7.68. The Kier molecular flexibility index (Phi) is 9.98. The highest BCUT2D eigenvalue weighted by atomic mass is 28.4. The van der Waals surface area contributed by atoms with Crippen LogP contribution in [0.2, 0.25) is 6.55 Å². The van der Waals surface area contributed by atoms with Gasteiger partial charge in [0.15, 0.2) is 0 Å². The summed E-state index contributed by atoms with van der Waals surface area (Å²) in [6.07, 6.45) is 11.5. The Bertz CT molecular complexity index is 177. The third-order valence-corrected chi connectivity index (χ3v) is 5.42. The Morgan fingerprint density at radius 2 is 1.50 bits per heavy atom. The number of hydrogen-bond donors (Lipinski definition) is 0. The Morgan fingerprint density at radius 3 is 2.06 bits per heavy atom. The van der Waals surface area contributed by atoms with E-state index in [1.807, 2.05) is 0 Å². The molecule has 0 spiro atoms. The van der Waals surface area contributed by atoms with Crippen LogP contribution in [0.1, 0.15) is 51.9 Å². The first-order valence-corrected chi connectivity index (χ1v) is 8.86. The zero-order chi connectivity index (χ0) is 12.3. The minimum Gasteiger partial charge on any atom is -0.395 e. The van der Waals surface area contributed by atoms with Crippen LogP contribution in [0.5, 0.6) is 0 Å². The fourth-order valence-corrected chi connectivity index (χ4v) is 2.59. The SMILES string of the molecule is CCCCCCCCC=C[Si](C)(OC)OC. The van der Waals surface area contributed by atoms with E-state index in [2.05, 4.69) is 25.2 Å². The quantitative estimate of drug-likeness (QED) is 0.423. The molecule has 0 unspecified atom stereocenters. The maximum Gasteiger partial charge on any atom is 0.360 e. The molecule has 0 fully saturated rings. The Hall–Kier alpha value is -0.123. The molecule has 0 amide bonds. The first kappa shape index (κ1) is 15.9. The van der Waals surface area contributed by atoms with Crippen LogP contribution in [0.25, 0.3) is 0 Å². The lowest BCUT2D eigenvalue weighted by Gasteiger charge is -2.17. The van der Waals surface area contributed by atoms with Crippen molar-refractivity contribution in [2.24, 2.45) is 0 Å². The van der Waals surface area contributed by atoms with E-state index in [0.29, 0.717) is 0 Å². The van der Waals surface area contributed by atoms with E-state index in [4.69, 9.17) is 8.85 Å². The summed E-state index contributed by atoms with van der Waals surface area (Å²) in [7, 11) is 1.49. The third-order valence-electron chi connectivity index (χ3n) is 2.96. The van der Waals surface area contributed by atoms with Gasteiger partial charge in [-0.05, 0) is 25.1 Å². The van der Waals surface area contributed by atoms with Gasteiger partial charge in [-0.3, -0.25) is 0 Å². The molecule has 0 rings (SSSR count). The maximum absolute atomic E-state index is 5.38. The molecular weight excluding hydrogens is 216 g/mol. The predicted octanol–water partition coefficient (Wildman–Crippen LogP) is 4.20. The van der Waals surface area contributed by atoms with Gasteiger partial charge in [-0.15, -0.1) is 0 Å². The normalized spacial score (nSPS) is 12.5. The molecule has 0 atom stereocenters. The van der Waals surface area contributed by atoms with Crippen molar-refractivity contribution < 1.29 is 8.85 Å². The van der Waals surface area contributed by atoms with Crippen molar-refractivity contribution in [3.05, 3.63) is 11.8 Å². The number of hydrogen-bond acceptors (Lipinski definition) is 2. The lowest BCUT2D eigenvalue weighted by molar-refractivity contribution is 0.264. The van der Waals surface area contributed by atoms with Crippen LogP contribution >= 0.6 is 0 Å². The van der Waals surface area contributed by atoms with Crippen molar-refractivity contribution in [2.45, 2.75) is 58.4 Å². The van der Waals surface area contributed by atoms with E-state index in [1.54, 1.807) is 14.2 Å². The molecule has 0 aromatic heterocycles. The molecule has 2 nitrogen and oxygen atoms in total. The van der Waals surface area contributed by atoms with Crippen molar-refractivity contribution in [2.75, 3.05) is 14.2 Å². The van der Waals surface area contributed by atoms with Gasteiger partial charge in [0.2, 0.25) is 0 Å². The van der Waals surface area contributed by atoms with Gasteiger partial charge in [0.05, 0.1) is 0 Å². The molecule has 96 valence electrons. The van der Waals surface area contributed by atoms with Crippen LogP contribution < -0.4 is 0 Å². The molecule has 0 aliphatic carbocycles. The van der Waals surface area contributed by atoms with Crippen molar-refractivity contribution in [1.29, 1.82) is 0 Å². The summed E-state index contributed by atoms with van der Waals surface area (Å²) in [6.45, 7) is 4.31. The van der Waals surface area contributed by atoms with Gasteiger partial charge >= 0.3 is 8.56 Å². The Labute approximate surface area is 102 Å². The summed E-state index contributed by atoms with van der Waals surface area (Å²) in [6, 6.07) is 0. The molecule has 0 radical (unpaired) electrons. The van der Waals surface area contributed by atoms with Crippen LogP contribution in [0.15, 0.2) is 11.8 Å². The van der Waals surface area contributed by atoms with E-state index in [9.17, 15) is 0 Å². The highest BCUT2D eigenvalue weighted by Gasteiger charge is 2.23. The molecule has 0 heterocycles. The molecule has 0 bridgehead atoms. The molecule has 0 N–H and O–H groups in total. The van der Waals surface area contributed by atoms with Gasteiger partial charge in [0, 0.05) is 14.2 Å². The lowest BCUT2D eigenvalue weighted by atomic mass is 10.1. The molecule has 0 aliphatic rings. The van der Waals surface area contributed by atoms with Gasteiger partial charge in [0.1, 0.15) is 0 Å². The monoisotopic (exact) mass is 244 g/mol. The largest absolute Gasteiger partial charge is 0.395 e. The van der Waals surface area contributed by atoms with Gasteiger partial charge in [-0.1, -0.05) is 45.1 Å². The zero-order valence-corrected chi connectivity index (χ0v) is 12.4. The zero-order valence-electron chi connectivity index (χ0n) is 11.4. The Morgan fingerprint density at radius 1 is 0.938 bits per heavy atom. The van der Waals surface area contributed by atoms with Crippen LogP contribution in [0, 0.1) is 0 Å². The average Bonchev–Trinajstić information content (AvgIpc) is 2.32. The van der Waals surface area contributed by atoms with Crippen LogP contribution in [0.4, 0.5) is 0 Å². The van der Waals surface area contributed by atoms with Crippen molar-refractivity contribution in [3.63, 3.8) is 0 Å². The van der Waals surface area contributed by atoms with Gasteiger partial charge in [-0.2, -0.15) is 0 Å². The highest BCUT2D eigenvalue weighted by Crippen LogP contribution is 2.10. The second-order valence-electron chi connectivity index (χ2n) is 4.38. The van der Waals surface area contributed by atoms with E-state index in [0.717, 1.165) is 6.42 Å². The predicted molar refractivity (Wildman–Crippen MR) is 72.8 cm³/mol. The first-order valence-electron chi connectivity index (χ1n) is 6.46. The summed E-state index contributed by atoms with van der Waals surface area (Å²) >= 11 is 0. The molecule has 0 aromatic rings. The molecule has 3 heteroatoms. The summed E-state index contributed by atoms with van der Waals surface area (Å²) in [5, 5.41) is 0. The van der Waals surface area contributed by atoms with Gasteiger partial charge in [0.25, 0.3) is 0 Å². The summed E-state index contributed by atoms with van der Waals surface area (Å²) < 4.78 is 10.8. The number of rotatable bonds is 10. The Balaban J connectivity index is 3.46. The number of unbranched alkanes of at least 4 members (excludes halogenated alkanes) is 6. The molecule has 16 heavy (non-hydrogen) atoms. The van der Waals surface area contributed by atoms with Crippen molar-refractivity contribution >= 4 is 8.56 Å². The minimum atomic E-state index is -1.96. The van der Waals surface area contributed by atoms with Gasteiger partial charge in [-0.25, -0.2) is 0 Å². The topological polar surface area (TPSA) is 18.5 Å². The second kappa shape index (κ2) is 10.1. The van der Waals surface area contributed by atoms with E-state index in [-0.39, 0.29) is 0 Å². The molecule has 0 saturated carbocycles. The van der Waals surface area contributed by atoms with Crippen molar-refractivity contribution in [3.8, 4) is 0 Å². The minimum absolute atomic E-state index is 1.15. The van der Waals surface area contributed by atoms with E-state index < -0.39 is 8.56 Å². The fraction of sp³-hybridized carbons (Fsp3) is 0.846. The molecule has 0 aliphatic heterocycles. The van der Waals surface area contributed by atoms with Crippen molar-refractivity contribution in [1.82, 2.24) is 0 Å². The summed E-state index contributed by atoms with van der Waals surface area (Å²) in [4.78, 5) is 0. The van der Waals surface area contributed by atoms with Crippen LogP contribution in [-0.4, -0.2) is 22.8 Å². The maximum atomic E-state index is 5.38. The van der Waals surface area contributed by atoms with E-state index in [1.165, 1.54) is 38.5 Å². The standard InChI is InChI=1S/C13H28O2Si/c1-5-6-7-8-9-10-11-12-13-16(4,14-2)15-3/h12-13H,5-11H2,1-4H3. The molecule has 0 aromatic carbocycles. The average molecular weight is 244 g/mol. The second-order valence-corrected chi connectivity index (χ2v) is 7.56. The van der Waals surface area contributed by atoms with Crippen LogP contribution in [-0.2, 0) is 8.85 Å². The molecular formula is C13H28O2Si. The summed E-state index contributed by atoms with van der Waals surface area (Å²) in [5.74, 6) is 0.